The summed E-state index contributed by atoms with van der Waals surface area (Å²) in [6.45, 7) is 2.07. The Hall–Kier alpha value is -1.98. The Balaban J connectivity index is 1.79. The number of aromatic nitrogens is 3. The number of benzene rings is 2. The number of halogens is 1. The molecule has 6 heteroatoms. The first kappa shape index (κ1) is 14.9. The average Bonchev–Trinajstić information content (AvgIpc) is 2.88. The summed E-state index contributed by atoms with van der Waals surface area (Å²) in [5.41, 5.74) is 3.25. The van der Waals surface area contributed by atoms with Crippen molar-refractivity contribution in [1.29, 1.82) is 0 Å². The molecule has 0 aliphatic heterocycles. The molecule has 4 nitrogen and oxygen atoms in total. The molecule has 0 saturated carbocycles. The van der Waals surface area contributed by atoms with E-state index in [0.29, 0.717) is 16.0 Å². The first-order valence-electron chi connectivity index (χ1n) is 6.79. The molecule has 0 aliphatic rings. The van der Waals surface area contributed by atoms with Crippen molar-refractivity contribution in [3.8, 4) is 11.4 Å². The molecule has 22 heavy (non-hydrogen) atoms. The lowest BCUT2D eigenvalue weighted by molar-refractivity contribution is 0.849. The molecule has 2 aromatic carbocycles. The summed E-state index contributed by atoms with van der Waals surface area (Å²) in [6, 6.07) is 15.9. The van der Waals surface area contributed by atoms with Crippen LogP contribution in [0.25, 0.3) is 11.4 Å². The van der Waals surface area contributed by atoms with Crippen LogP contribution in [0, 0.1) is 6.92 Å². The third-order valence-corrected chi connectivity index (χ3v) is 4.61. The largest absolute Gasteiger partial charge is 0.335 e. The second-order valence-electron chi connectivity index (χ2n) is 4.93. The van der Waals surface area contributed by atoms with Crippen LogP contribution in [-0.4, -0.2) is 14.9 Å². The molecule has 0 radical (unpaired) electrons. The molecule has 0 atom stereocenters. The number of aryl methyl sites for hydroxylation is 1. The number of nitrogens with two attached hydrogens (primary N) is 1. The predicted octanol–water partition coefficient (Wildman–Crippen LogP) is 3.91. The molecule has 0 saturated heterocycles. The maximum Gasteiger partial charge on any atom is 0.210 e. The first-order chi connectivity index (χ1) is 10.6. The Morgan fingerprint density at radius 2 is 1.82 bits per heavy atom. The fourth-order valence-electron chi connectivity index (χ4n) is 2.03. The molecule has 2 N–H and O–H groups in total. The molecule has 0 aliphatic carbocycles. The Labute approximate surface area is 138 Å². The monoisotopic (exact) mass is 330 g/mol. The van der Waals surface area contributed by atoms with Crippen LogP contribution in [0.1, 0.15) is 11.1 Å². The Kier molecular flexibility index (Phi) is 4.36. The van der Waals surface area contributed by atoms with Crippen LogP contribution >= 0.6 is 23.4 Å². The van der Waals surface area contributed by atoms with Crippen molar-refractivity contribution < 1.29 is 0 Å². The van der Waals surface area contributed by atoms with E-state index in [0.717, 1.165) is 11.3 Å². The minimum absolute atomic E-state index is 0.567. The molecule has 0 amide bonds. The lowest BCUT2D eigenvalue weighted by Gasteiger charge is -2.05. The van der Waals surface area contributed by atoms with Gasteiger partial charge in [-0.3, -0.25) is 0 Å². The van der Waals surface area contributed by atoms with Gasteiger partial charge in [0.1, 0.15) is 0 Å². The standard InChI is InChI=1S/C16H15ClN4S/c1-11-6-8-12(9-7-11)10-22-16-20-19-15(21(16)18)13-4-2-3-5-14(13)17/h2-9H,10,18H2,1H3. The van der Waals surface area contributed by atoms with Crippen LogP contribution in [0.2, 0.25) is 5.02 Å². The molecule has 0 fully saturated rings. The van der Waals surface area contributed by atoms with Crippen LogP contribution in [0.5, 0.6) is 0 Å². The van der Waals surface area contributed by atoms with Gasteiger partial charge in [0, 0.05) is 11.3 Å². The number of thioether (sulfide) groups is 1. The van der Waals surface area contributed by atoms with Crippen molar-refractivity contribution in [3.05, 3.63) is 64.7 Å². The van der Waals surface area contributed by atoms with Gasteiger partial charge in [-0.2, -0.15) is 0 Å². The van der Waals surface area contributed by atoms with E-state index in [1.165, 1.54) is 15.8 Å². The minimum Gasteiger partial charge on any atom is -0.335 e. The van der Waals surface area contributed by atoms with Crippen LogP contribution < -0.4 is 5.84 Å². The summed E-state index contributed by atoms with van der Waals surface area (Å²) >= 11 is 7.73. The van der Waals surface area contributed by atoms with Crippen molar-refractivity contribution >= 4 is 23.4 Å². The van der Waals surface area contributed by atoms with Crippen molar-refractivity contribution in [2.45, 2.75) is 17.8 Å². The summed E-state index contributed by atoms with van der Waals surface area (Å²) in [6.07, 6.45) is 0. The number of nitrogens with zero attached hydrogens (tertiary/aromatic N) is 3. The third-order valence-electron chi connectivity index (χ3n) is 3.27. The van der Waals surface area contributed by atoms with Crippen molar-refractivity contribution in [2.24, 2.45) is 0 Å². The maximum atomic E-state index is 6.18. The Bertz CT molecular complexity index is 783. The topological polar surface area (TPSA) is 56.7 Å². The smallest absolute Gasteiger partial charge is 0.210 e. The molecule has 1 heterocycles. The average molecular weight is 331 g/mol. The summed E-state index contributed by atoms with van der Waals surface area (Å²) in [5, 5.41) is 9.58. The minimum atomic E-state index is 0.567. The van der Waals surface area contributed by atoms with Gasteiger partial charge in [-0.05, 0) is 24.6 Å². The summed E-state index contributed by atoms with van der Waals surface area (Å²) in [4.78, 5) is 0. The summed E-state index contributed by atoms with van der Waals surface area (Å²) < 4.78 is 1.49. The van der Waals surface area contributed by atoms with Crippen molar-refractivity contribution in [1.82, 2.24) is 14.9 Å². The lowest BCUT2D eigenvalue weighted by Crippen LogP contribution is -2.11. The number of nitrogen functional groups attached to an aromatic ring is 1. The second-order valence-corrected chi connectivity index (χ2v) is 6.28. The summed E-state index contributed by atoms with van der Waals surface area (Å²) in [5.74, 6) is 7.46. The first-order valence-corrected chi connectivity index (χ1v) is 8.15. The van der Waals surface area contributed by atoms with E-state index in [-0.39, 0.29) is 0 Å². The molecule has 0 spiro atoms. The van der Waals surface area contributed by atoms with Crippen LogP contribution in [0.3, 0.4) is 0 Å². The van der Waals surface area contributed by atoms with Crippen LogP contribution in [0.15, 0.2) is 53.7 Å². The number of rotatable bonds is 4. The SMILES string of the molecule is Cc1ccc(CSc2nnc(-c3ccccc3Cl)n2N)cc1. The molecule has 0 unspecified atom stereocenters. The van der Waals surface area contributed by atoms with Gasteiger partial charge in [0.2, 0.25) is 5.16 Å². The second kappa shape index (κ2) is 6.42. The Morgan fingerprint density at radius 1 is 1.09 bits per heavy atom. The van der Waals surface area contributed by atoms with Crippen molar-refractivity contribution in [2.75, 3.05) is 5.84 Å². The van der Waals surface area contributed by atoms with E-state index in [9.17, 15) is 0 Å². The summed E-state index contributed by atoms with van der Waals surface area (Å²) in [7, 11) is 0. The fraction of sp³-hybridized carbons (Fsp3) is 0.125. The molecular formula is C16H15ClN4S. The maximum absolute atomic E-state index is 6.18. The molecule has 0 bridgehead atoms. The fourth-order valence-corrected chi connectivity index (χ4v) is 3.07. The van der Waals surface area contributed by atoms with Gasteiger partial charge in [-0.15, -0.1) is 10.2 Å². The van der Waals surface area contributed by atoms with Crippen molar-refractivity contribution in [3.63, 3.8) is 0 Å². The van der Waals surface area contributed by atoms with Crippen LogP contribution in [-0.2, 0) is 5.75 Å². The van der Waals surface area contributed by atoms with Crippen LogP contribution in [0.4, 0.5) is 0 Å². The highest BCUT2D eigenvalue weighted by Crippen LogP contribution is 2.28. The molecular weight excluding hydrogens is 316 g/mol. The van der Waals surface area contributed by atoms with Gasteiger partial charge >= 0.3 is 0 Å². The van der Waals surface area contributed by atoms with Gasteiger partial charge in [-0.25, -0.2) is 4.68 Å². The number of hydrogen-bond donors (Lipinski definition) is 1. The molecule has 1 aromatic heterocycles. The quantitative estimate of drug-likeness (QED) is 0.582. The van der Waals surface area contributed by atoms with E-state index in [2.05, 4.69) is 41.4 Å². The van der Waals surface area contributed by atoms with Gasteiger partial charge < -0.3 is 5.84 Å². The van der Waals surface area contributed by atoms with E-state index >= 15 is 0 Å². The predicted molar refractivity (Wildman–Crippen MR) is 91.4 cm³/mol. The number of hydrogen-bond acceptors (Lipinski definition) is 4. The van der Waals surface area contributed by atoms with Gasteiger partial charge in [0.25, 0.3) is 0 Å². The zero-order valence-corrected chi connectivity index (χ0v) is 13.6. The molecule has 112 valence electrons. The zero-order chi connectivity index (χ0) is 15.5. The van der Waals surface area contributed by atoms with Gasteiger partial charge in [0.15, 0.2) is 5.82 Å². The normalized spacial score (nSPS) is 10.8. The van der Waals surface area contributed by atoms with Gasteiger partial charge in [-0.1, -0.05) is 65.3 Å². The van der Waals surface area contributed by atoms with E-state index in [1.54, 1.807) is 11.8 Å². The molecule has 3 rings (SSSR count). The highest BCUT2D eigenvalue weighted by Gasteiger charge is 2.14. The lowest BCUT2D eigenvalue weighted by atomic mass is 10.2. The van der Waals surface area contributed by atoms with Gasteiger partial charge in [0.05, 0.1) is 5.02 Å². The molecule has 3 aromatic rings. The highest BCUT2D eigenvalue weighted by atomic mass is 35.5. The third kappa shape index (κ3) is 3.10. The Morgan fingerprint density at radius 3 is 2.55 bits per heavy atom. The highest BCUT2D eigenvalue weighted by molar-refractivity contribution is 7.98. The van der Waals surface area contributed by atoms with E-state index in [1.807, 2.05) is 24.3 Å². The van der Waals surface area contributed by atoms with E-state index in [4.69, 9.17) is 17.4 Å². The van der Waals surface area contributed by atoms with E-state index < -0.39 is 0 Å². The zero-order valence-electron chi connectivity index (χ0n) is 12.0.